The van der Waals surface area contributed by atoms with E-state index in [1.54, 1.807) is 24.3 Å². The number of hydrogen-bond donors (Lipinski definition) is 2. The van der Waals surface area contributed by atoms with E-state index in [-0.39, 0.29) is 23.2 Å². The molecule has 2 aromatic rings. The highest BCUT2D eigenvalue weighted by Crippen LogP contribution is 2.20. The van der Waals surface area contributed by atoms with Gasteiger partial charge >= 0.3 is 0 Å². The lowest BCUT2D eigenvalue weighted by Gasteiger charge is -2.19. The Labute approximate surface area is 148 Å². The summed E-state index contributed by atoms with van der Waals surface area (Å²) in [5, 5.41) is 2.80. The molecule has 0 aromatic heterocycles. The summed E-state index contributed by atoms with van der Waals surface area (Å²) in [4.78, 5) is 22.8. The molecule has 0 aliphatic rings. The van der Waals surface area contributed by atoms with Crippen molar-refractivity contribution in [3.05, 3.63) is 71.3 Å². The van der Waals surface area contributed by atoms with Crippen molar-refractivity contribution < 1.29 is 18.4 Å². The summed E-state index contributed by atoms with van der Waals surface area (Å²) in [7, 11) is 0. The number of nitrogens with two attached hydrogens (primary N) is 1. The molecule has 0 radical (unpaired) electrons. The van der Waals surface area contributed by atoms with Crippen LogP contribution in [0.3, 0.4) is 0 Å². The molecule has 2 rings (SSSR count). The molecule has 0 aliphatic heterocycles. The van der Waals surface area contributed by atoms with Crippen molar-refractivity contribution in [2.45, 2.75) is 12.5 Å². The molecule has 0 spiro atoms. The van der Waals surface area contributed by atoms with Crippen molar-refractivity contribution in [1.82, 2.24) is 5.32 Å². The van der Waals surface area contributed by atoms with Gasteiger partial charge in [-0.1, -0.05) is 24.3 Å². The van der Waals surface area contributed by atoms with Crippen molar-refractivity contribution in [3.63, 3.8) is 0 Å². The monoisotopic (exact) mass is 364 g/mol. The van der Waals surface area contributed by atoms with Crippen LogP contribution in [0, 0.1) is 11.6 Å². The molecule has 132 valence electrons. The summed E-state index contributed by atoms with van der Waals surface area (Å²) in [5.74, 6) is -1.51. The fourth-order valence-electron chi connectivity index (χ4n) is 2.36. The average molecular weight is 364 g/mol. The summed E-state index contributed by atoms with van der Waals surface area (Å²) in [5.41, 5.74) is 6.30. The molecule has 0 bridgehead atoms. The average Bonchev–Trinajstić information content (AvgIpc) is 2.54. The molecule has 0 saturated carbocycles. The van der Waals surface area contributed by atoms with Gasteiger partial charge in [0, 0.05) is 0 Å². The number of hydrogen-bond acceptors (Lipinski definition) is 3. The molecular formula is C18H18F2N2O2S. The summed E-state index contributed by atoms with van der Waals surface area (Å²) < 4.78 is 26.9. The van der Waals surface area contributed by atoms with E-state index < -0.39 is 17.8 Å². The zero-order valence-corrected chi connectivity index (χ0v) is 14.2. The van der Waals surface area contributed by atoms with E-state index >= 15 is 0 Å². The highest BCUT2D eigenvalue weighted by Gasteiger charge is 2.16. The molecule has 4 nitrogen and oxygen atoms in total. The molecule has 7 heteroatoms. The van der Waals surface area contributed by atoms with Crippen molar-refractivity contribution in [1.29, 1.82) is 0 Å². The molecule has 0 saturated heterocycles. The Morgan fingerprint density at radius 1 is 1.04 bits per heavy atom. The molecule has 1 atom stereocenters. The van der Waals surface area contributed by atoms with Crippen molar-refractivity contribution >= 4 is 23.6 Å². The Morgan fingerprint density at radius 3 is 2.36 bits per heavy atom. The lowest BCUT2D eigenvalue weighted by atomic mass is 9.98. The predicted molar refractivity (Wildman–Crippen MR) is 93.9 cm³/mol. The van der Waals surface area contributed by atoms with E-state index in [4.69, 9.17) is 5.73 Å². The van der Waals surface area contributed by atoms with Gasteiger partial charge in [-0.05, 0) is 41.8 Å². The van der Waals surface area contributed by atoms with Crippen molar-refractivity contribution in [2.75, 3.05) is 11.5 Å². The van der Waals surface area contributed by atoms with Gasteiger partial charge in [-0.15, -0.1) is 11.8 Å². The molecule has 3 N–H and O–H groups in total. The Balaban J connectivity index is 2.11. The first-order valence-electron chi connectivity index (χ1n) is 7.59. The molecule has 0 heterocycles. The largest absolute Gasteiger partial charge is 0.369 e. The second-order valence-electron chi connectivity index (χ2n) is 5.47. The maximum absolute atomic E-state index is 13.5. The third kappa shape index (κ3) is 6.54. The van der Waals surface area contributed by atoms with E-state index in [2.05, 4.69) is 5.32 Å². The summed E-state index contributed by atoms with van der Waals surface area (Å²) in [6, 6.07) is 11.4. The van der Waals surface area contributed by atoms with Crippen LogP contribution in [-0.2, 0) is 16.0 Å². The number of thioether (sulfide) groups is 1. The van der Waals surface area contributed by atoms with Crippen molar-refractivity contribution in [3.8, 4) is 0 Å². The Kier molecular flexibility index (Phi) is 6.94. The van der Waals surface area contributed by atoms with Gasteiger partial charge in [0.15, 0.2) is 0 Å². The molecule has 25 heavy (non-hydrogen) atoms. The highest BCUT2D eigenvalue weighted by atomic mass is 32.2. The first-order valence-corrected chi connectivity index (χ1v) is 8.75. The zero-order valence-electron chi connectivity index (χ0n) is 13.4. The van der Waals surface area contributed by atoms with E-state index in [1.807, 2.05) is 0 Å². The number of halogens is 2. The van der Waals surface area contributed by atoms with Gasteiger partial charge < -0.3 is 11.1 Å². The lowest BCUT2D eigenvalue weighted by molar-refractivity contribution is -0.119. The summed E-state index contributed by atoms with van der Waals surface area (Å²) in [6.07, 6.45) is 0.313. The van der Waals surface area contributed by atoms with Crippen LogP contribution in [0.2, 0.25) is 0 Å². The van der Waals surface area contributed by atoms with Crippen LogP contribution < -0.4 is 11.1 Å². The highest BCUT2D eigenvalue weighted by molar-refractivity contribution is 8.00. The fourth-order valence-corrected chi connectivity index (χ4v) is 2.93. The normalized spacial score (nSPS) is 11.8. The van der Waals surface area contributed by atoms with Gasteiger partial charge in [-0.3, -0.25) is 9.59 Å². The standard InChI is InChI=1S/C18H18F2N2O2S/c19-14-5-1-3-12(7-14)8-16(13-4-2-6-15(20)9-13)22-18(24)11-25-10-17(21)23/h1-7,9,16H,8,10-11H2,(H2,21,23)(H,22,24)/t16-/m1/s1. The molecule has 0 aliphatic carbocycles. The zero-order chi connectivity index (χ0) is 18.2. The van der Waals surface area contributed by atoms with Crippen LogP contribution in [0.4, 0.5) is 8.78 Å². The SMILES string of the molecule is NC(=O)CSCC(=O)N[C@H](Cc1cccc(F)c1)c1cccc(F)c1. The predicted octanol–water partition coefficient (Wildman–Crippen LogP) is 2.58. The third-order valence-corrected chi connectivity index (χ3v) is 4.35. The molecule has 0 unspecified atom stereocenters. The number of carbonyl (C=O) groups excluding carboxylic acids is 2. The number of amides is 2. The van der Waals surface area contributed by atoms with Crippen LogP contribution in [0.1, 0.15) is 17.2 Å². The van der Waals surface area contributed by atoms with E-state index in [1.165, 1.54) is 24.3 Å². The van der Waals surface area contributed by atoms with Gasteiger partial charge in [-0.25, -0.2) is 8.78 Å². The smallest absolute Gasteiger partial charge is 0.230 e. The number of nitrogens with one attached hydrogen (secondary N) is 1. The van der Waals surface area contributed by atoms with Crippen LogP contribution in [0.15, 0.2) is 48.5 Å². The summed E-state index contributed by atoms with van der Waals surface area (Å²) in [6.45, 7) is 0. The first-order chi connectivity index (χ1) is 11.9. The number of primary amides is 1. The molecular weight excluding hydrogens is 346 g/mol. The number of carbonyl (C=O) groups is 2. The Morgan fingerprint density at radius 2 is 1.72 bits per heavy atom. The van der Waals surface area contributed by atoms with Gasteiger partial charge in [0.2, 0.25) is 11.8 Å². The van der Waals surface area contributed by atoms with Crippen molar-refractivity contribution in [2.24, 2.45) is 5.73 Å². The second kappa shape index (κ2) is 9.17. The van der Waals surface area contributed by atoms with Gasteiger partial charge in [0.25, 0.3) is 0 Å². The van der Waals surface area contributed by atoms with Crippen LogP contribution in [-0.4, -0.2) is 23.3 Å². The van der Waals surface area contributed by atoms with Crippen LogP contribution in [0.5, 0.6) is 0 Å². The second-order valence-corrected chi connectivity index (χ2v) is 6.45. The van der Waals surface area contributed by atoms with Gasteiger partial charge in [-0.2, -0.15) is 0 Å². The maximum Gasteiger partial charge on any atom is 0.230 e. The van der Waals surface area contributed by atoms with E-state index in [9.17, 15) is 18.4 Å². The fraction of sp³-hybridized carbons (Fsp3) is 0.222. The van der Waals surface area contributed by atoms with Gasteiger partial charge in [0.1, 0.15) is 11.6 Å². The minimum Gasteiger partial charge on any atom is -0.369 e. The van der Waals surface area contributed by atoms with E-state index in [0.717, 1.165) is 11.8 Å². The van der Waals surface area contributed by atoms with E-state index in [0.29, 0.717) is 17.5 Å². The minimum absolute atomic E-state index is 0.0436. The third-order valence-electron chi connectivity index (χ3n) is 3.39. The maximum atomic E-state index is 13.5. The quantitative estimate of drug-likeness (QED) is 0.756. The van der Waals surface area contributed by atoms with Crippen LogP contribution in [0.25, 0.3) is 0 Å². The minimum atomic E-state index is -0.515. The Bertz CT molecular complexity index is 755. The Hall–Kier alpha value is -2.41. The topological polar surface area (TPSA) is 72.2 Å². The number of benzene rings is 2. The summed E-state index contributed by atoms with van der Waals surface area (Å²) >= 11 is 1.10. The molecule has 2 aromatic carbocycles. The number of rotatable bonds is 8. The molecule has 0 fully saturated rings. The first kappa shape index (κ1) is 18.9. The lowest BCUT2D eigenvalue weighted by Crippen LogP contribution is -2.32. The van der Waals surface area contributed by atoms with Crippen LogP contribution >= 0.6 is 11.8 Å². The molecule has 2 amide bonds. The van der Waals surface area contributed by atoms with Gasteiger partial charge in [0.05, 0.1) is 17.5 Å².